The summed E-state index contributed by atoms with van der Waals surface area (Å²) in [5.74, 6) is 0.573. The van der Waals surface area contributed by atoms with E-state index in [9.17, 15) is 0 Å². The van der Waals surface area contributed by atoms with E-state index in [0.717, 1.165) is 31.8 Å². The van der Waals surface area contributed by atoms with Crippen LogP contribution in [-0.2, 0) is 18.1 Å². The lowest BCUT2D eigenvalue weighted by Gasteiger charge is -2.02. The molecule has 0 saturated carbocycles. The van der Waals surface area contributed by atoms with Gasteiger partial charge in [0.2, 0.25) is 0 Å². The summed E-state index contributed by atoms with van der Waals surface area (Å²) < 4.78 is 7.19. The van der Waals surface area contributed by atoms with E-state index in [4.69, 9.17) is 9.84 Å². The number of pyridine rings is 1. The zero-order valence-electron chi connectivity index (χ0n) is 14.7. The van der Waals surface area contributed by atoms with Crippen LogP contribution in [0.3, 0.4) is 0 Å². The van der Waals surface area contributed by atoms with Gasteiger partial charge in [-0.25, -0.2) is 19.9 Å². The van der Waals surface area contributed by atoms with Crippen molar-refractivity contribution in [1.29, 1.82) is 0 Å². The molecule has 0 aromatic carbocycles. The van der Waals surface area contributed by atoms with Crippen LogP contribution in [0.15, 0.2) is 40.7 Å². The summed E-state index contributed by atoms with van der Waals surface area (Å²) in [5, 5.41) is 9.87. The van der Waals surface area contributed by atoms with Crippen molar-refractivity contribution in [3.05, 3.63) is 46.7 Å². The van der Waals surface area contributed by atoms with Crippen molar-refractivity contribution in [2.24, 2.45) is 4.99 Å². The van der Waals surface area contributed by atoms with Gasteiger partial charge in [0.1, 0.15) is 6.73 Å². The molecule has 1 N–H and O–H groups in total. The van der Waals surface area contributed by atoms with Crippen LogP contribution in [0.4, 0.5) is 5.82 Å². The van der Waals surface area contributed by atoms with E-state index in [-0.39, 0.29) is 6.61 Å². The summed E-state index contributed by atoms with van der Waals surface area (Å²) in [6.07, 6.45) is 5.55. The van der Waals surface area contributed by atoms with E-state index in [1.54, 1.807) is 25.4 Å². The zero-order valence-corrected chi connectivity index (χ0v) is 16.3. The lowest BCUT2D eigenvalue weighted by molar-refractivity contribution is 0.129. The topological polar surface area (TPSA) is 85.4 Å². The summed E-state index contributed by atoms with van der Waals surface area (Å²) in [4.78, 5) is 19.6. The lowest BCUT2D eigenvalue weighted by Crippen LogP contribution is -2.14. The molecule has 0 radical (unpaired) electrons. The maximum atomic E-state index is 9.12. The second-order valence-electron chi connectivity index (χ2n) is 5.44. The Hall–Kier alpha value is -2.07. The maximum absolute atomic E-state index is 9.12. The molecule has 0 unspecified atom stereocenters. The highest BCUT2D eigenvalue weighted by atomic mass is 32.2. The van der Waals surface area contributed by atoms with Crippen molar-refractivity contribution in [3.63, 3.8) is 0 Å². The Morgan fingerprint density at radius 1 is 1.35 bits per heavy atom. The molecule has 0 amide bonds. The molecule has 9 heteroatoms. The molecule has 3 rings (SSSR count). The van der Waals surface area contributed by atoms with Gasteiger partial charge in [-0.2, -0.15) is 0 Å². The average Bonchev–Trinajstić information content (AvgIpc) is 3.05. The third kappa shape index (κ3) is 4.36. The first-order chi connectivity index (χ1) is 12.6. The Morgan fingerprint density at radius 2 is 2.19 bits per heavy atom. The number of hydrogen-bond acceptors (Lipinski definition) is 8. The third-order valence-electron chi connectivity index (χ3n) is 3.46. The second-order valence-corrected chi connectivity index (χ2v) is 7.22. The molecule has 0 spiro atoms. The Bertz CT molecular complexity index is 951. The van der Waals surface area contributed by atoms with Crippen molar-refractivity contribution in [3.8, 4) is 10.6 Å². The molecule has 0 aliphatic heterocycles. The highest BCUT2D eigenvalue weighted by Gasteiger charge is 2.10. The number of nitrogens with zero attached hydrogens (tertiary/aromatic N) is 5. The molecular weight excluding hydrogens is 370 g/mol. The van der Waals surface area contributed by atoms with Gasteiger partial charge < -0.3 is 9.84 Å². The first kappa shape index (κ1) is 18.7. The van der Waals surface area contributed by atoms with Gasteiger partial charge in [-0.05, 0) is 30.9 Å². The van der Waals surface area contributed by atoms with Crippen LogP contribution in [0.1, 0.15) is 11.3 Å². The van der Waals surface area contributed by atoms with Gasteiger partial charge >= 0.3 is 0 Å². The Balaban J connectivity index is 2.05. The smallest absolute Gasteiger partial charge is 0.193 e. The largest absolute Gasteiger partial charge is 0.392 e. The van der Waals surface area contributed by atoms with Crippen LogP contribution in [0.5, 0.6) is 0 Å². The summed E-state index contributed by atoms with van der Waals surface area (Å²) in [6, 6.07) is 5.54. The van der Waals surface area contributed by atoms with E-state index >= 15 is 0 Å². The van der Waals surface area contributed by atoms with Crippen molar-refractivity contribution in [2.45, 2.75) is 25.4 Å². The third-order valence-corrected chi connectivity index (χ3v) is 5.05. The fraction of sp³-hybridized carbons (Fsp3) is 0.294. The molecule has 26 heavy (non-hydrogen) atoms. The highest BCUT2D eigenvalue weighted by Crippen LogP contribution is 2.23. The predicted molar refractivity (Wildman–Crippen MR) is 102 cm³/mol. The molecule has 3 heterocycles. The number of rotatable bonds is 6. The number of aryl methyl sites for hydroxylation is 1. The quantitative estimate of drug-likeness (QED) is 0.515. The van der Waals surface area contributed by atoms with Crippen molar-refractivity contribution in [2.75, 3.05) is 13.4 Å². The predicted octanol–water partition coefficient (Wildman–Crippen LogP) is 2.76. The first-order valence-corrected chi connectivity index (χ1v) is 9.87. The summed E-state index contributed by atoms with van der Waals surface area (Å²) in [6.45, 7) is 2.30. The molecule has 0 saturated heterocycles. The number of aromatic nitrogens is 4. The molecule has 0 bridgehead atoms. The van der Waals surface area contributed by atoms with Crippen LogP contribution in [-0.4, -0.2) is 38.0 Å². The Morgan fingerprint density at radius 3 is 2.85 bits per heavy atom. The van der Waals surface area contributed by atoms with Crippen molar-refractivity contribution < 1.29 is 9.84 Å². The van der Waals surface area contributed by atoms with Crippen molar-refractivity contribution in [1.82, 2.24) is 19.5 Å². The minimum absolute atomic E-state index is 0.0368. The van der Waals surface area contributed by atoms with Crippen LogP contribution >= 0.6 is 23.1 Å². The average molecular weight is 390 g/mol. The molecule has 0 fully saturated rings. The molecule has 3 aromatic rings. The van der Waals surface area contributed by atoms with Gasteiger partial charge in [0.25, 0.3) is 0 Å². The molecule has 0 aliphatic carbocycles. The minimum atomic E-state index is -0.0368. The summed E-state index contributed by atoms with van der Waals surface area (Å²) >= 11 is 3.03. The maximum Gasteiger partial charge on any atom is 0.193 e. The molecule has 0 atom stereocenters. The molecule has 136 valence electrons. The first-order valence-electron chi connectivity index (χ1n) is 7.82. The van der Waals surface area contributed by atoms with E-state index < -0.39 is 0 Å². The normalized spacial score (nSPS) is 11.9. The lowest BCUT2D eigenvalue weighted by atomic mass is 10.3. The highest BCUT2D eigenvalue weighted by molar-refractivity contribution is 7.98. The zero-order chi connectivity index (χ0) is 18.5. The standard InChI is InChI=1S/C17H19N5O2S2/c1-11-6-13(20-16(19-11)25-3)14-8-22(10-24-2)17(26-14)21-15-5-4-12(9-23)7-18-15/h4-8,23H,9-10H2,1-3H3. The van der Waals surface area contributed by atoms with Gasteiger partial charge in [0, 0.05) is 25.2 Å². The van der Waals surface area contributed by atoms with Crippen LogP contribution in [0.2, 0.25) is 0 Å². The van der Waals surface area contributed by atoms with Crippen LogP contribution < -0.4 is 4.80 Å². The van der Waals surface area contributed by atoms with E-state index in [1.165, 1.54) is 23.1 Å². The SMILES string of the molecule is COCn1cc(-c2cc(C)nc(SC)n2)sc1=Nc1ccc(CO)cn1. The van der Waals surface area contributed by atoms with Gasteiger partial charge in [-0.1, -0.05) is 29.2 Å². The molecule has 3 aromatic heterocycles. The second kappa shape index (κ2) is 8.54. The van der Waals surface area contributed by atoms with E-state index in [2.05, 4.69) is 19.9 Å². The number of aliphatic hydroxyl groups is 1. The number of aliphatic hydroxyl groups excluding tert-OH is 1. The van der Waals surface area contributed by atoms with E-state index in [1.807, 2.05) is 30.0 Å². The molecule has 0 aliphatic rings. The van der Waals surface area contributed by atoms with Gasteiger partial charge in [0.05, 0.1) is 17.2 Å². The van der Waals surface area contributed by atoms with Gasteiger partial charge in [-0.3, -0.25) is 4.57 Å². The monoisotopic (exact) mass is 389 g/mol. The summed E-state index contributed by atoms with van der Waals surface area (Å²) in [5.41, 5.74) is 2.54. The molecule has 7 nitrogen and oxygen atoms in total. The van der Waals surface area contributed by atoms with Gasteiger partial charge in [-0.15, -0.1) is 0 Å². The number of methoxy groups -OCH3 is 1. The van der Waals surface area contributed by atoms with Gasteiger partial charge in [0.15, 0.2) is 15.8 Å². The fourth-order valence-electron chi connectivity index (χ4n) is 2.25. The number of ether oxygens (including phenoxy) is 1. The Kier molecular flexibility index (Phi) is 6.15. The number of thiazole rings is 1. The number of hydrogen-bond donors (Lipinski definition) is 1. The number of thioether (sulfide) groups is 1. The Labute approximate surface area is 159 Å². The van der Waals surface area contributed by atoms with Crippen molar-refractivity contribution >= 4 is 28.9 Å². The fourth-order valence-corrected chi connectivity index (χ4v) is 3.62. The van der Waals surface area contributed by atoms with E-state index in [0.29, 0.717) is 12.5 Å². The van der Waals surface area contributed by atoms with Crippen LogP contribution in [0.25, 0.3) is 10.6 Å². The minimum Gasteiger partial charge on any atom is -0.392 e. The molecular formula is C17H19N5O2S2. The summed E-state index contributed by atoms with van der Waals surface area (Å²) in [7, 11) is 1.64. The van der Waals surface area contributed by atoms with Crippen LogP contribution in [0, 0.1) is 6.92 Å².